The number of halogens is 1. The number of rotatable bonds is 4. The van der Waals surface area contributed by atoms with Crippen LogP contribution in [0.5, 0.6) is 5.75 Å². The maximum Gasteiger partial charge on any atom is 0.123 e. The Hall–Kier alpha value is -1.13. The lowest BCUT2D eigenvalue weighted by Gasteiger charge is -2.18. The van der Waals surface area contributed by atoms with Crippen LogP contribution in [-0.2, 0) is 4.74 Å². The quantitative estimate of drug-likeness (QED) is 0.846. The average molecular weight is 225 g/mol. The summed E-state index contributed by atoms with van der Waals surface area (Å²) in [5.74, 6) is 0.761. The molecule has 0 radical (unpaired) electrons. The van der Waals surface area contributed by atoms with Crippen molar-refractivity contribution in [2.45, 2.75) is 12.5 Å². The van der Waals surface area contributed by atoms with Crippen molar-refractivity contribution in [3.05, 3.63) is 30.1 Å². The van der Waals surface area contributed by atoms with E-state index in [1.165, 1.54) is 12.1 Å². The third-order valence-corrected chi connectivity index (χ3v) is 2.83. The smallest absolute Gasteiger partial charge is 0.123 e. The second kappa shape index (κ2) is 5.27. The van der Waals surface area contributed by atoms with Crippen LogP contribution in [-0.4, -0.2) is 25.9 Å². The van der Waals surface area contributed by atoms with E-state index in [-0.39, 0.29) is 11.9 Å². The fourth-order valence-corrected chi connectivity index (χ4v) is 1.75. The molecule has 0 aromatic heterocycles. The van der Waals surface area contributed by atoms with Gasteiger partial charge in [0.25, 0.3) is 0 Å². The second-order valence-electron chi connectivity index (χ2n) is 4.05. The minimum Gasteiger partial charge on any atom is -0.492 e. The van der Waals surface area contributed by atoms with Crippen LogP contribution >= 0.6 is 0 Å². The third-order valence-electron chi connectivity index (χ3n) is 2.83. The van der Waals surface area contributed by atoms with Crippen molar-refractivity contribution in [1.29, 1.82) is 0 Å². The summed E-state index contributed by atoms with van der Waals surface area (Å²) in [6, 6.07) is 5.94. The van der Waals surface area contributed by atoms with Gasteiger partial charge < -0.3 is 15.2 Å². The molecule has 1 aromatic rings. The van der Waals surface area contributed by atoms with Crippen LogP contribution in [0, 0.1) is 11.7 Å². The molecule has 3 nitrogen and oxygen atoms in total. The molecule has 0 saturated carbocycles. The highest BCUT2D eigenvalue weighted by Crippen LogP contribution is 2.17. The summed E-state index contributed by atoms with van der Waals surface area (Å²) in [5, 5.41) is 0. The minimum atomic E-state index is -0.263. The molecule has 16 heavy (non-hydrogen) atoms. The second-order valence-corrected chi connectivity index (χ2v) is 4.05. The molecular formula is C12H16FNO2. The molecule has 1 heterocycles. The lowest BCUT2D eigenvalue weighted by Crippen LogP contribution is -2.36. The fraction of sp³-hybridized carbons (Fsp3) is 0.500. The number of ether oxygens (including phenoxy) is 2. The van der Waals surface area contributed by atoms with Crippen LogP contribution in [0.4, 0.5) is 4.39 Å². The molecule has 0 bridgehead atoms. The van der Waals surface area contributed by atoms with Gasteiger partial charge in [0.2, 0.25) is 0 Å². The van der Waals surface area contributed by atoms with Crippen molar-refractivity contribution in [2.24, 2.45) is 11.7 Å². The molecule has 2 unspecified atom stereocenters. The first-order valence-electron chi connectivity index (χ1n) is 5.47. The molecule has 0 amide bonds. The summed E-state index contributed by atoms with van der Waals surface area (Å²) in [4.78, 5) is 0. The number of hydrogen-bond donors (Lipinski definition) is 1. The van der Waals surface area contributed by atoms with Crippen LogP contribution in [0.15, 0.2) is 24.3 Å². The first kappa shape index (κ1) is 11.4. The van der Waals surface area contributed by atoms with E-state index >= 15 is 0 Å². The van der Waals surface area contributed by atoms with Crippen molar-refractivity contribution in [3.63, 3.8) is 0 Å². The summed E-state index contributed by atoms with van der Waals surface area (Å²) in [6.07, 6.45) is 0.994. The van der Waals surface area contributed by atoms with Crippen molar-refractivity contribution < 1.29 is 13.9 Å². The molecule has 1 aromatic carbocycles. The van der Waals surface area contributed by atoms with Crippen LogP contribution in [0.3, 0.4) is 0 Å². The molecule has 88 valence electrons. The van der Waals surface area contributed by atoms with Gasteiger partial charge in [-0.2, -0.15) is 0 Å². The molecule has 0 aliphatic carbocycles. The Morgan fingerprint density at radius 2 is 2.19 bits per heavy atom. The van der Waals surface area contributed by atoms with E-state index in [9.17, 15) is 4.39 Å². The van der Waals surface area contributed by atoms with E-state index < -0.39 is 0 Å². The van der Waals surface area contributed by atoms with Crippen LogP contribution in [0.25, 0.3) is 0 Å². The molecule has 2 N–H and O–H groups in total. The number of hydrogen-bond acceptors (Lipinski definition) is 3. The van der Waals surface area contributed by atoms with Gasteiger partial charge in [0.15, 0.2) is 0 Å². The monoisotopic (exact) mass is 225 g/mol. The van der Waals surface area contributed by atoms with Crippen LogP contribution in [0.2, 0.25) is 0 Å². The van der Waals surface area contributed by atoms with E-state index in [0.29, 0.717) is 24.9 Å². The predicted octanol–water partition coefficient (Wildman–Crippen LogP) is 1.57. The topological polar surface area (TPSA) is 44.5 Å². The Morgan fingerprint density at radius 3 is 2.81 bits per heavy atom. The first-order valence-corrected chi connectivity index (χ1v) is 5.47. The zero-order valence-electron chi connectivity index (χ0n) is 9.06. The maximum absolute atomic E-state index is 12.6. The third kappa shape index (κ3) is 2.93. The van der Waals surface area contributed by atoms with E-state index in [4.69, 9.17) is 15.2 Å². The van der Waals surface area contributed by atoms with Crippen molar-refractivity contribution in [3.8, 4) is 5.75 Å². The highest BCUT2D eigenvalue weighted by molar-refractivity contribution is 5.22. The van der Waals surface area contributed by atoms with Crippen LogP contribution < -0.4 is 10.5 Å². The molecule has 1 aliphatic rings. The summed E-state index contributed by atoms with van der Waals surface area (Å²) in [6.45, 7) is 1.95. The molecular weight excluding hydrogens is 209 g/mol. The highest BCUT2D eigenvalue weighted by Gasteiger charge is 2.23. The van der Waals surface area contributed by atoms with E-state index in [0.717, 1.165) is 13.0 Å². The van der Waals surface area contributed by atoms with E-state index in [1.807, 2.05) is 0 Å². The fourth-order valence-electron chi connectivity index (χ4n) is 1.75. The van der Waals surface area contributed by atoms with Gasteiger partial charge in [-0.1, -0.05) is 0 Å². The lowest BCUT2D eigenvalue weighted by molar-refractivity contribution is 0.170. The van der Waals surface area contributed by atoms with Gasteiger partial charge in [-0.25, -0.2) is 4.39 Å². The Balaban J connectivity index is 1.80. The predicted molar refractivity (Wildman–Crippen MR) is 58.8 cm³/mol. The normalized spacial score (nSPS) is 22.0. The van der Waals surface area contributed by atoms with E-state index in [1.54, 1.807) is 12.1 Å². The minimum absolute atomic E-state index is 0.0208. The zero-order chi connectivity index (χ0) is 11.4. The Morgan fingerprint density at radius 1 is 1.44 bits per heavy atom. The van der Waals surface area contributed by atoms with Gasteiger partial charge in [-0.15, -0.1) is 0 Å². The number of nitrogens with two attached hydrogens (primary N) is 1. The van der Waals surface area contributed by atoms with Gasteiger partial charge in [0.1, 0.15) is 18.2 Å². The average Bonchev–Trinajstić information content (AvgIpc) is 2.81. The van der Waals surface area contributed by atoms with Gasteiger partial charge in [-0.05, 0) is 30.7 Å². The molecule has 2 atom stereocenters. The Kier molecular flexibility index (Phi) is 3.74. The van der Waals surface area contributed by atoms with Crippen LogP contribution in [0.1, 0.15) is 6.42 Å². The molecule has 1 saturated heterocycles. The Bertz CT molecular complexity index is 322. The largest absolute Gasteiger partial charge is 0.492 e. The van der Waals surface area contributed by atoms with Gasteiger partial charge in [0.05, 0.1) is 6.61 Å². The SMILES string of the molecule is NC(COc1ccc(F)cc1)C1CCOC1. The van der Waals surface area contributed by atoms with E-state index in [2.05, 4.69) is 0 Å². The van der Waals surface area contributed by atoms with Crippen molar-refractivity contribution >= 4 is 0 Å². The van der Waals surface area contributed by atoms with Gasteiger partial charge in [0, 0.05) is 18.6 Å². The molecule has 1 aliphatic heterocycles. The van der Waals surface area contributed by atoms with Crippen molar-refractivity contribution in [2.75, 3.05) is 19.8 Å². The lowest BCUT2D eigenvalue weighted by atomic mass is 10.0. The summed E-state index contributed by atoms with van der Waals surface area (Å²) in [5.41, 5.74) is 5.98. The summed E-state index contributed by atoms with van der Waals surface area (Å²) < 4.78 is 23.4. The van der Waals surface area contributed by atoms with Gasteiger partial charge >= 0.3 is 0 Å². The molecule has 1 fully saturated rings. The maximum atomic E-state index is 12.6. The van der Waals surface area contributed by atoms with Crippen molar-refractivity contribution in [1.82, 2.24) is 0 Å². The first-order chi connectivity index (χ1) is 7.75. The van der Waals surface area contributed by atoms with Gasteiger partial charge in [-0.3, -0.25) is 0 Å². The Labute approximate surface area is 94.3 Å². The standard InChI is InChI=1S/C12H16FNO2/c13-10-1-3-11(4-2-10)16-8-12(14)9-5-6-15-7-9/h1-4,9,12H,5-8,14H2. The number of benzene rings is 1. The highest BCUT2D eigenvalue weighted by atomic mass is 19.1. The summed E-state index contributed by atoms with van der Waals surface area (Å²) in [7, 11) is 0. The molecule has 2 rings (SSSR count). The molecule has 0 spiro atoms. The summed E-state index contributed by atoms with van der Waals surface area (Å²) >= 11 is 0. The molecule has 4 heteroatoms. The zero-order valence-corrected chi connectivity index (χ0v) is 9.06.